The number of carbonyl (C=O) groups excluding carboxylic acids is 1. The number of anilines is 1. The molecule has 6 heteroatoms. The molecular formula is C16H27ClN4O. The average Bonchev–Trinajstić information content (AvgIpc) is 2.90. The van der Waals surface area contributed by atoms with Crippen molar-refractivity contribution in [3.05, 3.63) is 11.8 Å². The molecule has 2 aliphatic rings. The minimum Gasteiger partial charge on any atom is -0.310 e. The predicted octanol–water partition coefficient (Wildman–Crippen LogP) is 2.97. The van der Waals surface area contributed by atoms with Gasteiger partial charge in [-0.15, -0.1) is 12.4 Å². The zero-order valence-corrected chi connectivity index (χ0v) is 14.1. The van der Waals surface area contributed by atoms with E-state index in [2.05, 4.69) is 21.8 Å². The van der Waals surface area contributed by atoms with E-state index in [4.69, 9.17) is 0 Å². The highest BCUT2D eigenvalue weighted by molar-refractivity contribution is 5.94. The molecule has 1 saturated heterocycles. The second-order valence-corrected chi connectivity index (χ2v) is 6.40. The molecule has 1 aliphatic carbocycles. The van der Waals surface area contributed by atoms with Gasteiger partial charge in [-0.1, -0.05) is 25.7 Å². The normalized spacial score (nSPS) is 22.9. The van der Waals surface area contributed by atoms with E-state index in [0.717, 1.165) is 30.9 Å². The molecule has 5 nitrogen and oxygen atoms in total. The van der Waals surface area contributed by atoms with E-state index in [-0.39, 0.29) is 24.4 Å². The van der Waals surface area contributed by atoms with Gasteiger partial charge < -0.3 is 10.6 Å². The number of halogens is 1. The van der Waals surface area contributed by atoms with Crippen LogP contribution in [-0.4, -0.2) is 28.3 Å². The van der Waals surface area contributed by atoms with Crippen molar-refractivity contribution in [3.63, 3.8) is 0 Å². The van der Waals surface area contributed by atoms with Gasteiger partial charge in [0, 0.05) is 19.0 Å². The lowest BCUT2D eigenvalue weighted by atomic mass is 9.87. The van der Waals surface area contributed by atoms with Gasteiger partial charge in [-0.2, -0.15) is 5.10 Å². The number of piperidine rings is 1. The molecule has 1 atom stereocenters. The minimum atomic E-state index is -0.0493. The Morgan fingerprint density at radius 2 is 1.95 bits per heavy atom. The number of rotatable bonds is 3. The van der Waals surface area contributed by atoms with Crippen LogP contribution in [0.1, 0.15) is 63.0 Å². The third-order valence-corrected chi connectivity index (χ3v) is 4.80. The zero-order chi connectivity index (χ0) is 14.7. The summed E-state index contributed by atoms with van der Waals surface area (Å²) in [6.07, 6.45) is 9.64. The van der Waals surface area contributed by atoms with Crippen molar-refractivity contribution >= 4 is 24.1 Å². The minimum absolute atomic E-state index is 0. The Morgan fingerprint density at radius 1 is 1.23 bits per heavy atom. The third-order valence-electron chi connectivity index (χ3n) is 4.80. The topological polar surface area (TPSA) is 59.0 Å². The average molecular weight is 327 g/mol. The van der Waals surface area contributed by atoms with Crippen molar-refractivity contribution in [2.45, 2.75) is 63.3 Å². The van der Waals surface area contributed by atoms with Gasteiger partial charge >= 0.3 is 0 Å². The molecule has 1 unspecified atom stereocenters. The summed E-state index contributed by atoms with van der Waals surface area (Å²) in [7, 11) is 1.91. The lowest BCUT2D eigenvalue weighted by Crippen LogP contribution is -2.43. The van der Waals surface area contributed by atoms with Gasteiger partial charge in [-0.25, -0.2) is 0 Å². The molecule has 3 rings (SSSR count). The van der Waals surface area contributed by atoms with E-state index in [9.17, 15) is 4.79 Å². The Labute approximate surface area is 138 Å². The van der Waals surface area contributed by atoms with E-state index < -0.39 is 0 Å². The van der Waals surface area contributed by atoms with Crippen molar-refractivity contribution in [3.8, 4) is 0 Å². The molecule has 0 spiro atoms. The zero-order valence-electron chi connectivity index (χ0n) is 13.3. The Hall–Kier alpha value is -1.07. The van der Waals surface area contributed by atoms with Gasteiger partial charge in [-0.05, 0) is 32.2 Å². The van der Waals surface area contributed by atoms with Gasteiger partial charge in [0.2, 0.25) is 5.91 Å². The Kier molecular flexibility index (Phi) is 6.26. The second-order valence-electron chi connectivity index (χ2n) is 6.40. The fourth-order valence-corrected chi connectivity index (χ4v) is 3.49. The van der Waals surface area contributed by atoms with E-state index >= 15 is 0 Å². The van der Waals surface area contributed by atoms with Crippen LogP contribution in [0, 0.1) is 0 Å². The number of aryl methyl sites for hydroxylation is 1. The van der Waals surface area contributed by atoms with Crippen LogP contribution in [0.15, 0.2) is 6.07 Å². The van der Waals surface area contributed by atoms with Gasteiger partial charge in [-0.3, -0.25) is 9.48 Å². The lowest BCUT2D eigenvalue weighted by molar-refractivity contribution is -0.118. The van der Waals surface area contributed by atoms with Gasteiger partial charge in [0.25, 0.3) is 0 Å². The quantitative estimate of drug-likeness (QED) is 0.897. The van der Waals surface area contributed by atoms with Crippen LogP contribution in [0.3, 0.4) is 0 Å². The molecule has 2 N–H and O–H groups in total. The summed E-state index contributed by atoms with van der Waals surface area (Å²) in [6, 6.07) is 2.02. The van der Waals surface area contributed by atoms with E-state index in [1.165, 1.54) is 38.5 Å². The van der Waals surface area contributed by atoms with Crippen molar-refractivity contribution in [2.24, 2.45) is 7.05 Å². The molecule has 1 saturated carbocycles. The van der Waals surface area contributed by atoms with Crippen LogP contribution in [-0.2, 0) is 11.8 Å². The molecule has 2 fully saturated rings. The molecule has 0 radical (unpaired) electrons. The van der Waals surface area contributed by atoms with Crippen molar-refractivity contribution in [1.29, 1.82) is 0 Å². The first kappa shape index (κ1) is 17.3. The van der Waals surface area contributed by atoms with E-state index in [0.29, 0.717) is 5.92 Å². The standard InChI is InChI=1S/C16H26N4O.ClH/c1-20-15(18-16(21)13-9-5-6-10-17-13)11-14(19-20)12-7-3-2-4-8-12;/h11-13,17H,2-10H2,1H3,(H,18,21);1H. The molecule has 124 valence electrons. The molecule has 1 aliphatic heterocycles. The Balaban J connectivity index is 0.00000176. The number of hydrogen-bond donors (Lipinski definition) is 2. The highest BCUT2D eigenvalue weighted by Crippen LogP contribution is 2.32. The van der Waals surface area contributed by atoms with Crippen molar-refractivity contribution in [1.82, 2.24) is 15.1 Å². The molecule has 0 aromatic carbocycles. The predicted molar refractivity (Wildman–Crippen MR) is 90.6 cm³/mol. The molecule has 1 aromatic heterocycles. The second kappa shape index (κ2) is 7.97. The number of aromatic nitrogens is 2. The highest BCUT2D eigenvalue weighted by atomic mass is 35.5. The Morgan fingerprint density at radius 3 is 2.64 bits per heavy atom. The molecule has 1 amide bonds. The van der Waals surface area contributed by atoms with Crippen molar-refractivity contribution in [2.75, 3.05) is 11.9 Å². The Bertz CT molecular complexity index is 490. The number of nitrogens with zero attached hydrogens (tertiary/aromatic N) is 2. The number of amides is 1. The maximum Gasteiger partial charge on any atom is 0.242 e. The maximum atomic E-state index is 12.3. The highest BCUT2D eigenvalue weighted by Gasteiger charge is 2.23. The summed E-state index contributed by atoms with van der Waals surface area (Å²) in [5.74, 6) is 1.48. The molecule has 22 heavy (non-hydrogen) atoms. The van der Waals surface area contributed by atoms with Crippen LogP contribution < -0.4 is 10.6 Å². The van der Waals surface area contributed by atoms with Crippen LogP contribution in [0.5, 0.6) is 0 Å². The molecular weight excluding hydrogens is 300 g/mol. The van der Waals surface area contributed by atoms with Crippen LogP contribution in [0.2, 0.25) is 0 Å². The largest absolute Gasteiger partial charge is 0.310 e. The first-order chi connectivity index (χ1) is 10.2. The summed E-state index contributed by atoms with van der Waals surface area (Å²) >= 11 is 0. The summed E-state index contributed by atoms with van der Waals surface area (Å²) in [5.41, 5.74) is 1.14. The van der Waals surface area contributed by atoms with Crippen LogP contribution in [0.4, 0.5) is 5.82 Å². The fourth-order valence-electron chi connectivity index (χ4n) is 3.49. The van der Waals surface area contributed by atoms with Gasteiger partial charge in [0.05, 0.1) is 11.7 Å². The SMILES string of the molecule is Cl.Cn1nc(C2CCCCC2)cc1NC(=O)C1CCCCN1. The smallest absolute Gasteiger partial charge is 0.242 e. The first-order valence-corrected chi connectivity index (χ1v) is 8.32. The summed E-state index contributed by atoms with van der Waals surface area (Å²) < 4.78 is 1.81. The maximum absolute atomic E-state index is 12.3. The summed E-state index contributed by atoms with van der Waals surface area (Å²) in [4.78, 5) is 12.3. The number of carbonyl (C=O) groups is 1. The number of nitrogens with one attached hydrogen (secondary N) is 2. The summed E-state index contributed by atoms with van der Waals surface area (Å²) in [6.45, 7) is 0.941. The molecule has 2 heterocycles. The monoisotopic (exact) mass is 326 g/mol. The van der Waals surface area contributed by atoms with Gasteiger partial charge in [0.1, 0.15) is 5.82 Å². The van der Waals surface area contributed by atoms with Gasteiger partial charge in [0.15, 0.2) is 0 Å². The van der Waals surface area contributed by atoms with Crippen LogP contribution >= 0.6 is 12.4 Å². The van der Waals surface area contributed by atoms with Crippen LogP contribution in [0.25, 0.3) is 0 Å². The van der Waals surface area contributed by atoms with E-state index in [1.807, 2.05) is 11.7 Å². The van der Waals surface area contributed by atoms with Crippen molar-refractivity contribution < 1.29 is 4.79 Å². The summed E-state index contributed by atoms with van der Waals surface area (Å²) in [5, 5.41) is 10.9. The fraction of sp³-hybridized carbons (Fsp3) is 0.750. The first-order valence-electron chi connectivity index (χ1n) is 8.32. The molecule has 1 aromatic rings. The lowest BCUT2D eigenvalue weighted by Gasteiger charge is -2.22. The number of hydrogen-bond acceptors (Lipinski definition) is 3. The molecule has 0 bridgehead atoms. The third kappa shape index (κ3) is 4.02. The van der Waals surface area contributed by atoms with E-state index in [1.54, 1.807) is 0 Å².